The molecule has 5 unspecified atom stereocenters. The summed E-state index contributed by atoms with van der Waals surface area (Å²) < 4.78 is 0. The predicted octanol–water partition coefficient (Wildman–Crippen LogP) is -5.15. The van der Waals surface area contributed by atoms with E-state index in [0.29, 0.717) is 0 Å². The number of hydrogen-bond donors (Lipinski definition) is 9. The molecule has 0 aromatic rings. The van der Waals surface area contributed by atoms with Crippen LogP contribution in [0.4, 0.5) is 0 Å². The summed E-state index contributed by atoms with van der Waals surface area (Å²) in [5.74, 6) is -8.20. The number of rotatable bonds is 15. The highest BCUT2D eigenvalue weighted by molar-refractivity contribution is 5.95. The van der Waals surface area contributed by atoms with Crippen molar-refractivity contribution in [3.8, 4) is 0 Å². The molecule has 0 radical (unpaired) electrons. The number of carboxylic acid groups (broad SMARTS) is 2. The van der Waals surface area contributed by atoms with E-state index in [2.05, 4.69) is 10.6 Å². The van der Waals surface area contributed by atoms with Crippen LogP contribution in [-0.2, 0) is 33.6 Å². The summed E-state index contributed by atoms with van der Waals surface area (Å²) in [4.78, 5) is 81.1. The summed E-state index contributed by atoms with van der Waals surface area (Å²) in [5.41, 5.74) is 15.5. The molecule has 16 nitrogen and oxygen atoms in total. The van der Waals surface area contributed by atoms with E-state index in [-0.39, 0.29) is 12.8 Å². The Morgan fingerprint density at radius 1 is 0.788 bits per heavy atom. The van der Waals surface area contributed by atoms with E-state index in [9.17, 15) is 38.7 Å². The number of aliphatic carboxylic acids is 2. The van der Waals surface area contributed by atoms with Crippen LogP contribution >= 0.6 is 0 Å². The molecular weight excluding hydrogens is 448 g/mol. The molecule has 33 heavy (non-hydrogen) atoms. The number of aliphatic hydroxyl groups is 1. The zero-order valence-electron chi connectivity index (χ0n) is 17.6. The van der Waals surface area contributed by atoms with Crippen molar-refractivity contribution >= 4 is 41.5 Å². The van der Waals surface area contributed by atoms with Crippen LogP contribution in [0.1, 0.15) is 32.6 Å². The third-order valence-electron chi connectivity index (χ3n) is 4.13. The molecule has 0 aliphatic carbocycles. The van der Waals surface area contributed by atoms with Crippen LogP contribution in [0.5, 0.6) is 0 Å². The SMILES string of the molecule is CC(O)C(NC(=O)C(CCC(N)=O)NC(=O)C(N)CC(N)=O)C(=O)NC(CC(=O)O)C(=O)O. The number of nitrogens with one attached hydrogen (secondary N) is 3. The van der Waals surface area contributed by atoms with Gasteiger partial charge in [0.05, 0.1) is 25.0 Å². The Hall–Kier alpha value is -3.79. The van der Waals surface area contributed by atoms with Crippen LogP contribution < -0.4 is 33.2 Å². The molecule has 0 heterocycles. The zero-order chi connectivity index (χ0) is 25.9. The lowest BCUT2D eigenvalue weighted by molar-refractivity contribution is -0.148. The molecule has 0 aromatic heterocycles. The maximum atomic E-state index is 12.6. The molecule has 0 bridgehead atoms. The first-order valence-corrected chi connectivity index (χ1v) is 9.51. The second-order valence-electron chi connectivity index (χ2n) is 7.07. The van der Waals surface area contributed by atoms with Gasteiger partial charge in [0.1, 0.15) is 18.1 Å². The molecule has 186 valence electrons. The highest BCUT2D eigenvalue weighted by Crippen LogP contribution is 2.03. The lowest BCUT2D eigenvalue weighted by atomic mass is 10.1. The van der Waals surface area contributed by atoms with Crippen molar-refractivity contribution < 1.29 is 48.9 Å². The molecule has 0 aliphatic heterocycles. The normalized spacial score (nSPS) is 15.1. The molecule has 0 aliphatic rings. The molecule has 0 saturated heterocycles. The monoisotopic (exact) mass is 476 g/mol. The molecule has 0 aromatic carbocycles. The molecule has 16 heteroatoms. The Balaban J connectivity index is 5.52. The fourth-order valence-corrected chi connectivity index (χ4v) is 2.44. The van der Waals surface area contributed by atoms with Gasteiger partial charge in [0, 0.05) is 6.42 Å². The van der Waals surface area contributed by atoms with E-state index in [1.165, 1.54) is 0 Å². The topological polar surface area (TPSA) is 294 Å². The minimum Gasteiger partial charge on any atom is -0.481 e. The first-order chi connectivity index (χ1) is 15.1. The third-order valence-corrected chi connectivity index (χ3v) is 4.13. The van der Waals surface area contributed by atoms with Gasteiger partial charge >= 0.3 is 11.9 Å². The van der Waals surface area contributed by atoms with Crippen LogP contribution in [0.25, 0.3) is 0 Å². The number of carbonyl (C=O) groups excluding carboxylic acids is 5. The molecule has 12 N–H and O–H groups in total. The Bertz CT molecular complexity index is 786. The molecular formula is C17H28N6O10. The van der Waals surface area contributed by atoms with Gasteiger partial charge in [0.2, 0.25) is 29.5 Å². The maximum absolute atomic E-state index is 12.6. The van der Waals surface area contributed by atoms with Gasteiger partial charge in [-0.2, -0.15) is 0 Å². The van der Waals surface area contributed by atoms with Gasteiger partial charge in [-0.1, -0.05) is 0 Å². The predicted molar refractivity (Wildman–Crippen MR) is 108 cm³/mol. The Labute approximate surface area is 187 Å². The molecule has 0 fully saturated rings. The maximum Gasteiger partial charge on any atom is 0.326 e. The van der Waals surface area contributed by atoms with Crippen molar-refractivity contribution in [2.45, 2.75) is 62.9 Å². The largest absolute Gasteiger partial charge is 0.481 e. The van der Waals surface area contributed by atoms with Crippen molar-refractivity contribution in [3.05, 3.63) is 0 Å². The number of nitrogens with two attached hydrogens (primary N) is 3. The minimum atomic E-state index is -1.86. The van der Waals surface area contributed by atoms with E-state index >= 15 is 0 Å². The second-order valence-corrected chi connectivity index (χ2v) is 7.07. The zero-order valence-corrected chi connectivity index (χ0v) is 17.6. The fraction of sp³-hybridized carbons (Fsp3) is 0.588. The lowest BCUT2D eigenvalue weighted by Crippen LogP contribution is -2.60. The lowest BCUT2D eigenvalue weighted by Gasteiger charge is -2.26. The van der Waals surface area contributed by atoms with Gasteiger partial charge in [-0.25, -0.2) is 4.79 Å². The number of carbonyl (C=O) groups is 7. The number of hydrogen-bond acceptors (Lipinski definition) is 9. The molecule has 5 atom stereocenters. The van der Waals surface area contributed by atoms with Crippen molar-refractivity contribution in [1.29, 1.82) is 0 Å². The second kappa shape index (κ2) is 13.6. The molecule has 0 spiro atoms. The van der Waals surface area contributed by atoms with Crippen LogP contribution in [0.3, 0.4) is 0 Å². The van der Waals surface area contributed by atoms with Crippen LogP contribution in [0, 0.1) is 0 Å². The number of aliphatic hydroxyl groups excluding tert-OH is 1. The Morgan fingerprint density at radius 3 is 1.76 bits per heavy atom. The van der Waals surface area contributed by atoms with E-state index < -0.39 is 84.6 Å². The molecule has 5 amide bonds. The summed E-state index contributed by atoms with van der Waals surface area (Å²) >= 11 is 0. The Morgan fingerprint density at radius 2 is 1.33 bits per heavy atom. The number of amides is 5. The molecule has 0 saturated carbocycles. The van der Waals surface area contributed by atoms with Crippen LogP contribution in [0.2, 0.25) is 0 Å². The minimum absolute atomic E-state index is 0.346. The molecule has 0 rings (SSSR count). The van der Waals surface area contributed by atoms with Gasteiger partial charge < -0.3 is 48.5 Å². The summed E-state index contributed by atoms with van der Waals surface area (Å²) in [7, 11) is 0. The smallest absolute Gasteiger partial charge is 0.326 e. The van der Waals surface area contributed by atoms with Gasteiger partial charge in [-0.15, -0.1) is 0 Å². The number of primary amides is 2. The average Bonchev–Trinajstić information content (AvgIpc) is 2.66. The summed E-state index contributed by atoms with van der Waals surface area (Å²) in [6.45, 7) is 1.08. The van der Waals surface area contributed by atoms with Gasteiger partial charge in [0.25, 0.3) is 0 Å². The average molecular weight is 476 g/mol. The van der Waals surface area contributed by atoms with Crippen molar-refractivity contribution in [1.82, 2.24) is 16.0 Å². The van der Waals surface area contributed by atoms with Crippen molar-refractivity contribution in [3.63, 3.8) is 0 Å². The highest BCUT2D eigenvalue weighted by atomic mass is 16.4. The van der Waals surface area contributed by atoms with Gasteiger partial charge in [-0.3, -0.25) is 28.8 Å². The summed E-state index contributed by atoms with van der Waals surface area (Å²) in [6.07, 6.45) is -3.83. The Kier molecular flexibility index (Phi) is 12.0. The van der Waals surface area contributed by atoms with E-state index in [1.54, 1.807) is 0 Å². The summed E-state index contributed by atoms with van der Waals surface area (Å²) in [6, 6.07) is -6.53. The number of carboxylic acids is 2. The van der Waals surface area contributed by atoms with Crippen LogP contribution in [0.15, 0.2) is 0 Å². The van der Waals surface area contributed by atoms with E-state index in [0.717, 1.165) is 6.92 Å². The van der Waals surface area contributed by atoms with Crippen LogP contribution in [-0.4, -0.2) is 87.1 Å². The third kappa shape index (κ3) is 11.4. The van der Waals surface area contributed by atoms with E-state index in [1.807, 2.05) is 5.32 Å². The van der Waals surface area contributed by atoms with Gasteiger partial charge in [-0.05, 0) is 13.3 Å². The highest BCUT2D eigenvalue weighted by Gasteiger charge is 2.33. The summed E-state index contributed by atoms with van der Waals surface area (Å²) in [5, 5.41) is 33.8. The fourth-order valence-electron chi connectivity index (χ4n) is 2.44. The first-order valence-electron chi connectivity index (χ1n) is 9.51. The van der Waals surface area contributed by atoms with Crippen molar-refractivity contribution in [2.75, 3.05) is 0 Å². The first kappa shape index (κ1) is 29.2. The van der Waals surface area contributed by atoms with Gasteiger partial charge in [0.15, 0.2) is 0 Å². The van der Waals surface area contributed by atoms with E-state index in [4.69, 9.17) is 27.4 Å². The quantitative estimate of drug-likeness (QED) is 0.108. The standard InChI is InChI=1S/C17H28N6O10/c1-6(24)13(16(31)22-9(17(32)33)5-12(27)28)23-15(30)8(2-3-10(19)25)21-14(29)7(18)4-11(20)26/h6-9,13,24H,2-5,18H2,1H3,(H2,19,25)(H2,20,26)(H,21,29)(H,22,31)(H,23,30)(H,27,28)(H,32,33). The van der Waals surface area contributed by atoms with Crippen molar-refractivity contribution in [2.24, 2.45) is 17.2 Å².